The molecule has 0 spiro atoms. The molecule has 0 aliphatic carbocycles. The van der Waals surface area contributed by atoms with Gasteiger partial charge in [0.15, 0.2) is 0 Å². The Hall–Kier alpha value is -2.08. The van der Waals surface area contributed by atoms with E-state index >= 15 is 0 Å². The Morgan fingerprint density at radius 3 is 2.86 bits per heavy atom. The third-order valence-corrected chi connectivity index (χ3v) is 4.02. The van der Waals surface area contributed by atoms with E-state index in [0.29, 0.717) is 18.7 Å². The second kappa shape index (κ2) is 6.13. The van der Waals surface area contributed by atoms with Gasteiger partial charge in [0.25, 0.3) is 0 Å². The normalized spacial score (nSPS) is 19.1. The van der Waals surface area contributed by atoms with E-state index in [4.69, 9.17) is 0 Å². The number of rotatable bonds is 2. The van der Waals surface area contributed by atoms with Crippen LogP contribution in [0.3, 0.4) is 0 Å². The molecule has 0 unspecified atom stereocenters. The number of hydrogen-bond donors (Lipinski definition) is 3. The summed E-state index contributed by atoms with van der Waals surface area (Å²) in [5.41, 5.74) is 3.17. The van der Waals surface area contributed by atoms with Crippen molar-refractivity contribution in [2.24, 2.45) is 5.16 Å². The SMILES string of the molecule is O=C1CCc2cc(C/C(=N/O)N3CCNCC3)ccc2N1. The molecule has 1 aromatic rings. The highest BCUT2D eigenvalue weighted by Crippen LogP contribution is 2.24. The van der Waals surface area contributed by atoms with E-state index < -0.39 is 0 Å². The Bertz CT molecular complexity index is 565. The highest BCUT2D eigenvalue weighted by Gasteiger charge is 2.18. The van der Waals surface area contributed by atoms with Crippen LogP contribution in [0, 0.1) is 0 Å². The minimum Gasteiger partial charge on any atom is -0.409 e. The molecule has 2 heterocycles. The van der Waals surface area contributed by atoms with Gasteiger partial charge in [-0.05, 0) is 23.6 Å². The second-order valence-corrected chi connectivity index (χ2v) is 5.47. The van der Waals surface area contributed by atoms with Gasteiger partial charge in [-0.25, -0.2) is 0 Å². The van der Waals surface area contributed by atoms with E-state index in [1.54, 1.807) is 0 Å². The fourth-order valence-electron chi connectivity index (χ4n) is 2.86. The van der Waals surface area contributed by atoms with E-state index in [0.717, 1.165) is 49.4 Å². The Morgan fingerprint density at radius 1 is 1.29 bits per heavy atom. The van der Waals surface area contributed by atoms with Gasteiger partial charge in [-0.2, -0.15) is 0 Å². The van der Waals surface area contributed by atoms with Crippen LogP contribution in [0.5, 0.6) is 0 Å². The third kappa shape index (κ3) is 3.16. The Kier molecular flexibility index (Phi) is 4.06. The highest BCUT2D eigenvalue weighted by atomic mass is 16.4. The molecule has 2 aliphatic rings. The summed E-state index contributed by atoms with van der Waals surface area (Å²) in [5, 5.41) is 18.9. The maximum atomic E-state index is 11.4. The van der Waals surface area contributed by atoms with Crippen LogP contribution in [0.1, 0.15) is 17.5 Å². The Balaban J connectivity index is 1.73. The van der Waals surface area contributed by atoms with Crippen molar-refractivity contribution in [3.63, 3.8) is 0 Å². The van der Waals surface area contributed by atoms with Crippen molar-refractivity contribution in [3.8, 4) is 0 Å². The quantitative estimate of drug-likeness (QED) is 0.326. The first-order valence-electron chi connectivity index (χ1n) is 7.34. The molecule has 3 rings (SSSR count). The van der Waals surface area contributed by atoms with Crippen LogP contribution in [-0.2, 0) is 17.6 Å². The lowest BCUT2D eigenvalue weighted by Crippen LogP contribution is -2.47. The summed E-state index contributed by atoms with van der Waals surface area (Å²) < 4.78 is 0. The van der Waals surface area contributed by atoms with Crippen molar-refractivity contribution < 1.29 is 10.0 Å². The molecule has 112 valence electrons. The van der Waals surface area contributed by atoms with Crippen molar-refractivity contribution in [2.75, 3.05) is 31.5 Å². The molecule has 3 N–H and O–H groups in total. The van der Waals surface area contributed by atoms with Gasteiger partial charge in [0.1, 0.15) is 5.84 Å². The summed E-state index contributed by atoms with van der Waals surface area (Å²) in [7, 11) is 0. The molecule has 21 heavy (non-hydrogen) atoms. The zero-order chi connectivity index (χ0) is 14.7. The molecular formula is C15H20N4O2. The number of aryl methyl sites for hydroxylation is 1. The fourth-order valence-corrected chi connectivity index (χ4v) is 2.86. The number of carbonyl (C=O) groups excluding carboxylic acids is 1. The van der Waals surface area contributed by atoms with Crippen LogP contribution in [0.2, 0.25) is 0 Å². The number of amides is 1. The van der Waals surface area contributed by atoms with E-state index in [-0.39, 0.29) is 5.91 Å². The molecule has 0 aromatic heterocycles. The van der Waals surface area contributed by atoms with Crippen LogP contribution in [0.15, 0.2) is 23.4 Å². The molecule has 1 fully saturated rings. The number of fused-ring (bicyclic) bond motifs is 1. The zero-order valence-electron chi connectivity index (χ0n) is 11.9. The number of nitrogens with zero attached hydrogens (tertiary/aromatic N) is 2. The topological polar surface area (TPSA) is 77.0 Å². The molecule has 0 bridgehead atoms. The summed E-state index contributed by atoms with van der Waals surface area (Å²) in [4.78, 5) is 13.5. The van der Waals surface area contributed by atoms with Crippen LogP contribution < -0.4 is 10.6 Å². The molecule has 1 aromatic carbocycles. The summed E-state index contributed by atoms with van der Waals surface area (Å²) in [6.07, 6.45) is 1.92. The smallest absolute Gasteiger partial charge is 0.224 e. The lowest BCUT2D eigenvalue weighted by molar-refractivity contribution is -0.116. The van der Waals surface area contributed by atoms with Crippen molar-refractivity contribution in [1.82, 2.24) is 10.2 Å². The molecule has 0 radical (unpaired) electrons. The summed E-state index contributed by atoms with van der Waals surface area (Å²) in [5.74, 6) is 0.782. The maximum absolute atomic E-state index is 11.4. The third-order valence-electron chi connectivity index (χ3n) is 4.02. The van der Waals surface area contributed by atoms with Gasteiger partial charge in [-0.15, -0.1) is 0 Å². The largest absolute Gasteiger partial charge is 0.409 e. The molecule has 1 saturated heterocycles. The van der Waals surface area contributed by atoms with Crippen molar-refractivity contribution in [1.29, 1.82) is 0 Å². The predicted octanol–water partition coefficient (Wildman–Crippen LogP) is 0.807. The lowest BCUT2D eigenvalue weighted by Gasteiger charge is -2.29. The molecule has 6 nitrogen and oxygen atoms in total. The van der Waals surface area contributed by atoms with Crippen LogP contribution in [0.25, 0.3) is 0 Å². The standard InChI is InChI=1S/C15H20N4O2/c20-15-4-2-12-9-11(1-3-13(12)17-15)10-14(18-21)19-7-5-16-6-8-19/h1,3,9,16,21H,2,4-8,10H2,(H,17,20)/b18-14-. The minimum absolute atomic E-state index is 0.0775. The average molecular weight is 288 g/mol. The van der Waals surface area contributed by atoms with Gasteiger partial charge in [-0.3, -0.25) is 4.79 Å². The maximum Gasteiger partial charge on any atom is 0.224 e. The van der Waals surface area contributed by atoms with Crippen molar-refractivity contribution >= 4 is 17.4 Å². The Labute approximate surface area is 123 Å². The zero-order valence-corrected chi connectivity index (χ0v) is 11.9. The number of amidine groups is 1. The number of carbonyl (C=O) groups is 1. The first-order chi connectivity index (χ1) is 10.3. The number of piperazine rings is 1. The van der Waals surface area contributed by atoms with Gasteiger partial charge in [-0.1, -0.05) is 17.3 Å². The molecule has 2 aliphatic heterocycles. The molecule has 0 saturated carbocycles. The average Bonchev–Trinajstić information content (AvgIpc) is 2.53. The van der Waals surface area contributed by atoms with E-state index in [1.807, 2.05) is 12.1 Å². The number of oxime groups is 1. The van der Waals surface area contributed by atoms with Gasteiger partial charge in [0.2, 0.25) is 5.91 Å². The highest BCUT2D eigenvalue weighted by molar-refractivity contribution is 5.94. The van der Waals surface area contributed by atoms with Gasteiger partial charge in [0.05, 0.1) is 0 Å². The van der Waals surface area contributed by atoms with E-state index in [2.05, 4.69) is 26.8 Å². The van der Waals surface area contributed by atoms with Gasteiger partial charge >= 0.3 is 0 Å². The second-order valence-electron chi connectivity index (χ2n) is 5.47. The minimum atomic E-state index is 0.0775. The number of hydrogen-bond acceptors (Lipinski definition) is 4. The summed E-state index contributed by atoms with van der Waals surface area (Å²) in [6.45, 7) is 3.55. The van der Waals surface area contributed by atoms with E-state index in [9.17, 15) is 10.0 Å². The molecule has 1 amide bonds. The van der Waals surface area contributed by atoms with Gasteiger partial charge < -0.3 is 20.7 Å². The summed E-state index contributed by atoms with van der Waals surface area (Å²) in [6, 6.07) is 6.02. The molecule has 6 heteroatoms. The number of benzene rings is 1. The van der Waals surface area contributed by atoms with Crippen LogP contribution in [-0.4, -0.2) is 48.0 Å². The predicted molar refractivity (Wildman–Crippen MR) is 80.8 cm³/mol. The first kappa shape index (κ1) is 13.9. The fraction of sp³-hybridized carbons (Fsp3) is 0.467. The monoisotopic (exact) mass is 288 g/mol. The summed E-state index contributed by atoms with van der Waals surface area (Å²) >= 11 is 0. The van der Waals surface area contributed by atoms with Crippen LogP contribution in [0.4, 0.5) is 5.69 Å². The lowest BCUT2D eigenvalue weighted by atomic mass is 9.99. The first-order valence-corrected chi connectivity index (χ1v) is 7.34. The molecular weight excluding hydrogens is 268 g/mol. The van der Waals surface area contributed by atoms with Gasteiger partial charge in [0, 0.05) is 44.7 Å². The van der Waals surface area contributed by atoms with Crippen LogP contribution >= 0.6 is 0 Å². The Morgan fingerprint density at radius 2 is 2.10 bits per heavy atom. The van der Waals surface area contributed by atoms with Crippen molar-refractivity contribution in [3.05, 3.63) is 29.3 Å². The van der Waals surface area contributed by atoms with Crippen molar-refractivity contribution in [2.45, 2.75) is 19.3 Å². The molecule has 0 atom stereocenters. The van der Waals surface area contributed by atoms with E-state index in [1.165, 1.54) is 0 Å². The number of anilines is 1. The number of nitrogens with one attached hydrogen (secondary N) is 2.